The number of Topliss-reactive ketones (excluding diaryl/α,β-unsaturated/α-hetero) is 1. The zero-order valence-corrected chi connectivity index (χ0v) is 19.7. The molecule has 0 radical (unpaired) electrons. The van der Waals surface area contributed by atoms with Gasteiger partial charge in [0.15, 0.2) is 5.13 Å². The number of carbonyl (C=O) groups excluding carboxylic acids is 2. The van der Waals surface area contributed by atoms with Crippen molar-refractivity contribution in [3.63, 3.8) is 0 Å². The highest BCUT2D eigenvalue weighted by Crippen LogP contribution is 2.40. The zero-order chi connectivity index (χ0) is 24.2. The highest BCUT2D eigenvalue weighted by atomic mass is 32.2. The average Bonchev–Trinajstić information content (AvgIpc) is 3.31. The van der Waals surface area contributed by atoms with Crippen LogP contribution in [0.4, 0.5) is 5.13 Å². The number of carbonyl (C=O) groups is 2. The molecule has 0 saturated heterocycles. The number of anilines is 1. The minimum atomic E-state index is -4.11. The summed E-state index contributed by atoms with van der Waals surface area (Å²) < 4.78 is 26.7. The van der Waals surface area contributed by atoms with E-state index in [2.05, 4.69) is 14.5 Å². The molecule has 0 aliphatic heterocycles. The lowest BCUT2D eigenvalue weighted by Crippen LogP contribution is -2.38. The molecule has 0 bridgehead atoms. The highest BCUT2D eigenvalue weighted by Gasteiger charge is 2.37. The van der Waals surface area contributed by atoms with Crippen molar-refractivity contribution in [2.24, 2.45) is 0 Å². The molecule has 4 aromatic rings. The second kappa shape index (κ2) is 9.58. The maximum absolute atomic E-state index is 12.4. The number of aromatic nitrogens is 1. The fraction of sp³-hybridized carbons (Fsp3) is 0.0800. The smallest absolute Gasteiger partial charge is 0.344 e. The summed E-state index contributed by atoms with van der Waals surface area (Å²) in [5, 5.41) is 3.86. The van der Waals surface area contributed by atoms with E-state index >= 15 is 0 Å². The van der Waals surface area contributed by atoms with Crippen LogP contribution in [0.2, 0.25) is 0 Å². The van der Waals surface area contributed by atoms with Gasteiger partial charge in [-0.25, -0.2) is 9.78 Å². The summed E-state index contributed by atoms with van der Waals surface area (Å²) in [6.45, 7) is 0. The quantitative estimate of drug-likeness (QED) is 0.170. The van der Waals surface area contributed by atoms with Crippen molar-refractivity contribution in [1.29, 1.82) is 0 Å². The summed E-state index contributed by atoms with van der Waals surface area (Å²) in [5.74, 6) is -2.56. The van der Waals surface area contributed by atoms with Gasteiger partial charge in [0.25, 0.3) is 5.78 Å². The van der Waals surface area contributed by atoms with E-state index in [9.17, 15) is 18.0 Å². The Bertz CT molecular complexity index is 1310. The van der Waals surface area contributed by atoms with Crippen LogP contribution in [0.3, 0.4) is 0 Å². The summed E-state index contributed by atoms with van der Waals surface area (Å²) in [4.78, 5) is 28.6. The van der Waals surface area contributed by atoms with Crippen molar-refractivity contribution in [3.05, 3.63) is 119 Å². The van der Waals surface area contributed by atoms with Crippen LogP contribution in [-0.4, -0.2) is 31.4 Å². The minimum Gasteiger partial charge on any atom is -0.344 e. The Balaban J connectivity index is 1.81. The lowest BCUT2D eigenvalue weighted by Gasteiger charge is -2.36. The maximum Gasteiger partial charge on any atom is 0.396 e. The first-order valence-corrected chi connectivity index (χ1v) is 12.8. The molecule has 0 amide bonds. The third kappa shape index (κ3) is 4.90. The number of nitrogens with one attached hydrogen (secondary N) is 1. The van der Waals surface area contributed by atoms with Crippen LogP contribution >= 0.6 is 11.3 Å². The van der Waals surface area contributed by atoms with Crippen molar-refractivity contribution in [2.45, 2.75) is 5.54 Å². The molecule has 34 heavy (non-hydrogen) atoms. The van der Waals surface area contributed by atoms with E-state index in [4.69, 9.17) is 0 Å². The molecule has 0 spiro atoms. The number of hydrogen-bond donors (Lipinski definition) is 1. The van der Waals surface area contributed by atoms with Gasteiger partial charge in [-0.2, -0.15) is 8.42 Å². The van der Waals surface area contributed by atoms with Crippen molar-refractivity contribution in [1.82, 2.24) is 4.98 Å². The normalized spacial score (nSPS) is 11.6. The Hall–Kier alpha value is -3.82. The molecule has 1 N–H and O–H groups in total. The maximum atomic E-state index is 12.4. The van der Waals surface area contributed by atoms with Gasteiger partial charge in [0, 0.05) is 0 Å². The molecular formula is C25H20N2O5S2. The Morgan fingerprint density at radius 1 is 0.824 bits per heavy atom. The molecule has 9 heteroatoms. The lowest BCUT2D eigenvalue weighted by atomic mass is 9.77. The van der Waals surface area contributed by atoms with E-state index in [1.165, 1.54) is 6.20 Å². The molecular weight excluding hydrogens is 472 g/mol. The van der Waals surface area contributed by atoms with E-state index in [0.717, 1.165) is 28.0 Å². The third-order valence-electron chi connectivity index (χ3n) is 5.06. The summed E-state index contributed by atoms with van der Waals surface area (Å²) in [5.41, 5.74) is 1.95. The Morgan fingerprint density at radius 2 is 1.26 bits per heavy atom. The van der Waals surface area contributed by atoms with Crippen molar-refractivity contribution < 1.29 is 22.2 Å². The SMILES string of the molecule is CS(=O)(=O)OC(=O)C(=O)c1cnc(NC(c2ccccc2)(c2ccccc2)c2ccccc2)s1. The van der Waals surface area contributed by atoms with Crippen LogP contribution < -0.4 is 5.32 Å². The second-order valence-electron chi connectivity index (χ2n) is 7.41. The first-order valence-electron chi connectivity index (χ1n) is 10.2. The average molecular weight is 493 g/mol. The van der Waals surface area contributed by atoms with Crippen molar-refractivity contribution in [3.8, 4) is 0 Å². The fourth-order valence-electron chi connectivity index (χ4n) is 3.65. The van der Waals surface area contributed by atoms with E-state index < -0.39 is 27.4 Å². The molecule has 0 atom stereocenters. The molecule has 0 aliphatic carbocycles. The van der Waals surface area contributed by atoms with Crippen LogP contribution in [0.1, 0.15) is 26.4 Å². The molecule has 1 aromatic heterocycles. The van der Waals surface area contributed by atoms with Gasteiger partial charge in [-0.1, -0.05) is 102 Å². The van der Waals surface area contributed by atoms with Gasteiger partial charge in [-0.15, -0.1) is 0 Å². The molecule has 0 aliphatic rings. The summed E-state index contributed by atoms with van der Waals surface area (Å²) in [6.07, 6.45) is 1.93. The highest BCUT2D eigenvalue weighted by molar-refractivity contribution is 7.86. The predicted molar refractivity (Wildman–Crippen MR) is 130 cm³/mol. The first-order chi connectivity index (χ1) is 16.3. The standard InChI is InChI=1S/C25H20N2O5S2/c1-34(30,31)32-23(29)22(28)21-17-26-24(33-21)27-25(18-11-5-2-6-12-18,19-13-7-3-8-14-19)20-15-9-4-10-16-20/h2-17H,1H3,(H,26,27). The number of nitrogens with zero attached hydrogens (tertiary/aromatic N) is 1. The van der Waals surface area contributed by atoms with Gasteiger partial charge in [-0.3, -0.25) is 4.79 Å². The summed E-state index contributed by atoms with van der Waals surface area (Å²) in [7, 11) is -4.11. The number of benzene rings is 3. The monoisotopic (exact) mass is 492 g/mol. The van der Waals surface area contributed by atoms with E-state index in [0.29, 0.717) is 11.4 Å². The number of hydrogen-bond acceptors (Lipinski definition) is 8. The van der Waals surface area contributed by atoms with Crippen LogP contribution in [0.5, 0.6) is 0 Å². The molecule has 0 fully saturated rings. The van der Waals surface area contributed by atoms with Gasteiger partial charge in [0.1, 0.15) is 10.4 Å². The third-order valence-corrected chi connectivity index (χ3v) is 6.42. The molecule has 3 aromatic carbocycles. The number of thiazole rings is 1. The topological polar surface area (TPSA) is 102 Å². The molecule has 1 heterocycles. The van der Waals surface area contributed by atoms with Crippen LogP contribution in [0.15, 0.2) is 97.2 Å². The second-order valence-corrected chi connectivity index (χ2v) is 10.0. The lowest BCUT2D eigenvalue weighted by molar-refractivity contribution is -0.128. The number of rotatable bonds is 8. The van der Waals surface area contributed by atoms with E-state index in [1.807, 2.05) is 91.0 Å². The largest absolute Gasteiger partial charge is 0.396 e. The van der Waals surface area contributed by atoms with E-state index in [1.54, 1.807) is 0 Å². The molecule has 0 saturated carbocycles. The summed E-state index contributed by atoms with van der Waals surface area (Å²) >= 11 is 0.939. The summed E-state index contributed by atoms with van der Waals surface area (Å²) in [6, 6.07) is 29.4. The van der Waals surface area contributed by atoms with Gasteiger partial charge >= 0.3 is 16.1 Å². The fourth-order valence-corrected chi connectivity index (χ4v) is 4.80. The van der Waals surface area contributed by atoms with Crippen LogP contribution in [0.25, 0.3) is 0 Å². The first kappa shape index (κ1) is 23.3. The molecule has 7 nitrogen and oxygen atoms in total. The van der Waals surface area contributed by atoms with Gasteiger partial charge in [0.05, 0.1) is 12.5 Å². The Labute approximate surface area is 201 Å². The molecule has 0 unspecified atom stereocenters. The molecule has 4 rings (SSSR count). The Morgan fingerprint density at radius 3 is 1.68 bits per heavy atom. The van der Waals surface area contributed by atoms with Gasteiger partial charge in [0.2, 0.25) is 0 Å². The Kier molecular flexibility index (Phi) is 6.58. The van der Waals surface area contributed by atoms with Crippen molar-refractivity contribution >= 4 is 38.3 Å². The molecule has 172 valence electrons. The van der Waals surface area contributed by atoms with Gasteiger partial charge in [-0.05, 0) is 16.7 Å². The predicted octanol–water partition coefficient (Wildman–Crippen LogP) is 4.23. The van der Waals surface area contributed by atoms with Crippen LogP contribution in [-0.2, 0) is 24.6 Å². The van der Waals surface area contributed by atoms with E-state index in [-0.39, 0.29) is 4.88 Å². The zero-order valence-electron chi connectivity index (χ0n) is 18.0. The van der Waals surface area contributed by atoms with Gasteiger partial charge < -0.3 is 9.50 Å². The van der Waals surface area contributed by atoms with Crippen molar-refractivity contribution in [2.75, 3.05) is 11.6 Å². The number of ketones is 1. The minimum absolute atomic E-state index is 0.0424. The van der Waals surface area contributed by atoms with Crippen LogP contribution in [0, 0.1) is 0 Å².